The first-order valence-corrected chi connectivity index (χ1v) is 8.37. The zero-order valence-electron chi connectivity index (χ0n) is 13.8. The average Bonchev–Trinajstić information content (AvgIpc) is 2.69. The molecule has 1 aromatic rings. The van der Waals surface area contributed by atoms with Crippen molar-refractivity contribution in [3.05, 3.63) is 28.8 Å². The molecule has 5 nitrogen and oxygen atoms in total. The highest BCUT2D eigenvalue weighted by Gasteiger charge is 2.26. The third kappa shape index (κ3) is 5.29. The summed E-state index contributed by atoms with van der Waals surface area (Å²) in [4.78, 5) is 14.0. The topological polar surface area (TPSA) is 61.8 Å². The van der Waals surface area contributed by atoms with E-state index in [1.54, 1.807) is 18.1 Å². The van der Waals surface area contributed by atoms with Gasteiger partial charge in [-0.1, -0.05) is 17.7 Å². The van der Waals surface area contributed by atoms with Crippen LogP contribution in [0.2, 0.25) is 5.02 Å². The van der Waals surface area contributed by atoms with Gasteiger partial charge >= 0.3 is 6.03 Å². The van der Waals surface area contributed by atoms with Crippen molar-refractivity contribution in [3.63, 3.8) is 0 Å². The summed E-state index contributed by atoms with van der Waals surface area (Å²) in [6.07, 6.45) is 2.84. The molecule has 1 atom stereocenters. The zero-order chi connectivity index (χ0) is 16.9. The van der Waals surface area contributed by atoms with E-state index in [1.807, 2.05) is 19.1 Å². The molecule has 0 spiro atoms. The molecule has 23 heavy (non-hydrogen) atoms. The quantitative estimate of drug-likeness (QED) is 0.886. The summed E-state index contributed by atoms with van der Waals surface area (Å²) in [5.41, 5.74) is 0.317. The van der Waals surface area contributed by atoms with Crippen molar-refractivity contribution in [2.24, 2.45) is 0 Å². The van der Waals surface area contributed by atoms with Crippen LogP contribution in [0.15, 0.2) is 18.2 Å². The molecule has 2 rings (SSSR count). The van der Waals surface area contributed by atoms with E-state index < -0.39 is 5.60 Å². The molecule has 0 aliphatic carbocycles. The fourth-order valence-corrected chi connectivity index (χ4v) is 3.01. The van der Waals surface area contributed by atoms with E-state index in [2.05, 4.69) is 5.32 Å². The second-order valence-electron chi connectivity index (χ2n) is 6.28. The molecule has 1 saturated heterocycles. The highest BCUT2D eigenvalue weighted by molar-refractivity contribution is 6.31. The summed E-state index contributed by atoms with van der Waals surface area (Å²) < 4.78 is 5.12. The van der Waals surface area contributed by atoms with Gasteiger partial charge in [0.25, 0.3) is 0 Å². The van der Waals surface area contributed by atoms with Gasteiger partial charge in [-0.2, -0.15) is 0 Å². The fraction of sp³-hybridized carbons (Fsp3) is 0.588. The summed E-state index contributed by atoms with van der Waals surface area (Å²) in [5.74, 6) is 0.722. The van der Waals surface area contributed by atoms with E-state index in [0.29, 0.717) is 37.5 Å². The fourth-order valence-electron chi connectivity index (χ4n) is 2.74. The predicted octanol–water partition coefficient (Wildman–Crippen LogP) is 2.84. The first-order valence-electron chi connectivity index (χ1n) is 7.99. The van der Waals surface area contributed by atoms with Crippen LogP contribution < -0.4 is 10.1 Å². The van der Waals surface area contributed by atoms with Gasteiger partial charge in [0, 0.05) is 24.7 Å². The van der Waals surface area contributed by atoms with Crippen LogP contribution in [-0.4, -0.2) is 48.4 Å². The van der Waals surface area contributed by atoms with Gasteiger partial charge in [0.15, 0.2) is 0 Å². The number of aliphatic hydroxyl groups is 1. The monoisotopic (exact) mass is 340 g/mol. The van der Waals surface area contributed by atoms with Crippen LogP contribution in [0.25, 0.3) is 0 Å². The highest BCUT2D eigenvalue weighted by atomic mass is 35.5. The number of amides is 2. The largest absolute Gasteiger partial charge is 0.497 e. The van der Waals surface area contributed by atoms with Crippen molar-refractivity contribution >= 4 is 17.6 Å². The smallest absolute Gasteiger partial charge is 0.317 e. The number of rotatable bonds is 4. The minimum atomic E-state index is -0.661. The molecular formula is C17H25ClN2O3. The Hall–Kier alpha value is -1.46. The van der Waals surface area contributed by atoms with E-state index in [0.717, 1.165) is 24.2 Å². The van der Waals surface area contributed by atoms with Crippen molar-refractivity contribution in [3.8, 4) is 5.75 Å². The van der Waals surface area contributed by atoms with Crippen molar-refractivity contribution in [2.45, 2.75) is 38.2 Å². The van der Waals surface area contributed by atoms with E-state index in [-0.39, 0.29) is 6.03 Å². The normalized spacial score (nSPS) is 21.7. The predicted molar refractivity (Wildman–Crippen MR) is 91.2 cm³/mol. The number of likely N-dealkylation sites (tertiary alicyclic amines) is 1. The van der Waals surface area contributed by atoms with Crippen LogP contribution in [0.1, 0.15) is 31.7 Å². The highest BCUT2D eigenvalue weighted by Crippen LogP contribution is 2.23. The number of carbonyl (C=O) groups is 1. The lowest BCUT2D eigenvalue weighted by Gasteiger charge is -2.23. The average molecular weight is 341 g/mol. The second kappa shape index (κ2) is 7.88. The number of urea groups is 1. The van der Waals surface area contributed by atoms with Crippen LogP contribution in [0, 0.1) is 0 Å². The number of methoxy groups -OCH3 is 1. The molecule has 1 aliphatic rings. The molecule has 1 heterocycles. The van der Waals surface area contributed by atoms with E-state index in [9.17, 15) is 9.90 Å². The summed E-state index contributed by atoms with van der Waals surface area (Å²) in [5, 5.41) is 13.6. The zero-order valence-corrected chi connectivity index (χ0v) is 14.5. The molecule has 1 unspecified atom stereocenters. The molecule has 1 fully saturated rings. The van der Waals surface area contributed by atoms with E-state index in [1.165, 1.54) is 0 Å². The van der Waals surface area contributed by atoms with Crippen molar-refractivity contribution < 1.29 is 14.6 Å². The number of ether oxygens (including phenoxy) is 1. The maximum Gasteiger partial charge on any atom is 0.317 e. The number of halogens is 1. The first-order chi connectivity index (χ1) is 10.9. The molecule has 1 aromatic carbocycles. The lowest BCUT2D eigenvalue weighted by molar-refractivity contribution is 0.0457. The summed E-state index contributed by atoms with van der Waals surface area (Å²) in [6, 6.07) is 5.47. The minimum absolute atomic E-state index is 0.0765. The standard InChI is InChI=1S/C17H25ClN2O3/c1-17(22)7-3-10-20(11-8-17)16(21)19-9-6-13-4-5-14(23-2)12-15(13)18/h4-5,12,22H,3,6-11H2,1-2H3,(H,19,21). The molecule has 2 N–H and O–H groups in total. The van der Waals surface area contributed by atoms with Crippen LogP contribution in [-0.2, 0) is 6.42 Å². The van der Waals surface area contributed by atoms with Gasteiger partial charge in [0.05, 0.1) is 12.7 Å². The van der Waals surface area contributed by atoms with Crippen molar-refractivity contribution in [1.82, 2.24) is 10.2 Å². The number of hydrogen-bond donors (Lipinski definition) is 2. The Balaban J connectivity index is 1.80. The number of nitrogens with one attached hydrogen (secondary N) is 1. The Morgan fingerprint density at radius 3 is 2.91 bits per heavy atom. The van der Waals surface area contributed by atoms with Crippen molar-refractivity contribution in [2.75, 3.05) is 26.7 Å². The van der Waals surface area contributed by atoms with Crippen LogP contribution in [0.3, 0.4) is 0 Å². The molecule has 1 aliphatic heterocycles. The van der Waals surface area contributed by atoms with Gasteiger partial charge in [-0.3, -0.25) is 0 Å². The SMILES string of the molecule is COc1ccc(CCNC(=O)N2CCCC(C)(O)CC2)c(Cl)c1. The van der Waals surface area contributed by atoms with Crippen LogP contribution in [0.4, 0.5) is 4.79 Å². The third-order valence-electron chi connectivity index (χ3n) is 4.28. The number of hydrogen-bond acceptors (Lipinski definition) is 3. The Morgan fingerprint density at radius 2 is 2.22 bits per heavy atom. The maximum absolute atomic E-state index is 12.2. The minimum Gasteiger partial charge on any atom is -0.497 e. The summed E-state index contributed by atoms with van der Waals surface area (Å²) in [7, 11) is 1.60. The van der Waals surface area contributed by atoms with Gasteiger partial charge < -0.3 is 20.1 Å². The third-order valence-corrected chi connectivity index (χ3v) is 4.63. The lowest BCUT2D eigenvalue weighted by atomic mass is 9.98. The molecule has 0 aromatic heterocycles. The Labute approximate surface area is 142 Å². The van der Waals surface area contributed by atoms with E-state index >= 15 is 0 Å². The second-order valence-corrected chi connectivity index (χ2v) is 6.68. The van der Waals surface area contributed by atoms with Crippen molar-refractivity contribution in [1.29, 1.82) is 0 Å². The molecule has 2 amide bonds. The molecular weight excluding hydrogens is 316 g/mol. The summed E-state index contributed by atoms with van der Waals surface area (Å²) >= 11 is 6.19. The van der Waals surface area contributed by atoms with Gasteiger partial charge in [-0.05, 0) is 50.3 Å². The van der Waals surface area contributed by atoms with Gasteiger partial charge in [0.2, 0.25) is 0 Å². The van der Waals surface area contributed by atoms with Crippen LogP contribution in [0.5, 0.6) is 5.75 Å². The van der Waals surface area contributed by atoms with Crippen LogP contribution >= 0.6 is 11.6 Å². The Morgan fingerprint density at radius 1 is 1.43 bits per heavy atom. The molecule has 0 bridgehead atoms. The molecule has 128 valence electrons. The summed E-state index contributed by atoms with van der Waals surface area (Å²) in [6.45, 7) is 3.63. The number of carbonyl (C=O) groups excluding carboxylic acids is 1. The number of nitrogens with zero attached hydrogens (tertiary/aromatic N) is 1. The van der Waals surface area contributed by atoms with Gasteiger partial charge in [-0.15, -0.1) is 0 Å². The van der Waals surface area contributed by atoms with Gasteiger partial charge in [0.1, 0.15) is 5.75 Å². The lowest BCUT2D eigenvalue weighted by Crippen LogP contribution is -2.41. The molecule has 0 radical (unpaired) electrons. The maximum atomic E-state index is 12.2. The Bertz CT molecular complexity index is 549. The Kier molecular flexibility index (Phi) is 6.13. The first kappa shape index (κ1) is 17.9. The van der Waals surface area contributed by atoms with E-state index in [4.69, 9.17) is 16.3 Å². The molecule has 0 saturated carbocycles. The van der Waals surface area contributed by atoms with Gasteiger partial charge in [-0.25, -0.2) is 4.79 Å². The number of benzene rings is 1. The molecule has 6 heteroatoms.